The molecule has 0 bridgehead atoms. The molecular formula is C14H20ClN. The molecule has 1 nitrogen and oxygen atoms in total. The van der Waals surface area contributed by atoms with Crippen LogP contribution in [0.15, 0.2) is 18.2 Å². The van der Waals surface area contributed by atoms with Gasteiger partial charge in [-0.05, 0) is 49.3 Å². The Morgan fingerprint density at radius 2 is 2.00 bits per heavy atom. The van der Waals surface area contributed by atoms with E-state index < -0.39 is 0 Å². The van der Waals surface area contributed by atoms with Crippen molar-refractivity contribution < 1.29 is 0 Å². The molecule has 0 unspecified atom stereocenters. The average molecular weight is 238 g/mol. The molecule has 1 aromatic rings. The molecular weight excluding hydrogens is 218 g/mol. The van der Waals surface area contributed by atoms with Gasteiger partial charge in [0.15, 0.2) is 0 Å². The molecule has 0 radical (unpaired) electrons. The van der Waals surface area contributed by atoms with Crippen molar-refractivity contribution in [2.45, 2.75) is 39.7 Å². The first-order valence-electron chi connectivity index (χ1n) is 6.09. The van der Waals surface area contributed by atoms with Gasteiger partial charge in [-0.1, -0.05) is 31.5 Å². The van der Waals surface area contributed by atoms with Gasteiger partial charge in [0.2, 0.25) is 0 Å². The largest absolute Gasteiger partial charge is 0.382 e. The second-order valence-electron chi connectivity index (χ2n) is 5.28. The fourth-order valence-corrected chi connectivity index (χ4v) is 2.42. The molecule has 0 aliphatic heterocycles. The summed E-state index contributed by atoms with van der Waals surface area (Å²) in [4.78, 5) is 0. The molecule has 1 saturated carbocycles. The Balaban J connectivity index is 1.89. The molecule has 0 amide bonds. The summed E-state index contributed by atoms with van der Waals surface area (Å²) in [6, 6.07) is 6.86. The van der Waals surface area contributed by atoms with Gasteiger partial charge in [0.25, 0.3) is 0 Å². The Labute approximate surface area is 103 Å². The number of benzene rings is 1. The van der Waals surface area contributed by atoms with Gasteiger partial charge in [-0.25, -0.2) is 0 Å². The van der Waals surface area contributed by atoms with Crippen LogP contribution in [0.4, 0.5) is 5.69 Å². The van der Waals surface area contributed by atoms with Crippen molar-refractivity contribution in [3.05, 3.63) is 28.8 Å². The van der Waals surface area contributed by atoms with Crippen LogP contribution < -0.4 is 5.32 Å². The summed E-state index contributed by atoms with van der Waals surface area (Å²) in [5.41, 5.74) is 2.30. The molecule has 0 aromatic heterocycles. The third-order valence-corrected chi connectivity index (χ3v) is 4.07. The van der Waals surface area contributed by atoms with Crippen LogP contribution in [0.5, 0.6) is 0 Å². The Morgan fingerprint density at radius 3 is 2.56 bits per heavy atom. The van der Waals surface area contributed by atoms with Crippen LogP contribution in [0.3, 0.4) is 0 Å². The zero-order chi connectivity index (χ0) is 11.7. The van der Waals surface area contributed by atoms with Crippen molar-refractivity contribution in [2.24, 2.45) is 11.8 Å². The molecule has 1 aliphatic rings. The third-order valence-electron chi connectivity index (χ3n) is 3.66. The van der Waals surface area contributed by atoms with E-state index in [0.717, 1.165) is 28.1 Å². The van der Waals surface area contributed by atoms with E-state index in [2.05, 4.69) is 31.3 Å². The number of hydrogen-bond donors (Lipinski definition) is 1. The van der Waals surface area contributed by atoms with Crippen LogP contribution in [0.2, 0.25) is 5.02 Å². The van der Waals surface area contributed by atoms with E-state index in [-0.39, 0.29) is 0 Å². The summed E-state index contributed by atoms with van der Waals surface area (Å²) >= 11 is 6.10. The highest BCUT2D eigenvalue weighted by atomic mass is 35.5. The summed E-state index contributed by atoms with van der Waals surface area (Å²) in [5, 5.41) is 4.40. The van der Waals surface area contributed by atoms with Gasteiger partial charge < -0.3 is 5.32 Å². The van der Waals surface area contributed by atoms with Crippen LogP contribution in [-0.2, 0) is 0 Å². The Kier molecular flexibility index (Phi) is 3.44. The van der Waals surface area contributed by atoms with Crippen LogP contribution in [0, 0.1) is 18.8 Å². The number of halogens is 1. The molecule has 16 heavy (non-hydrogen) atoms. The molecule has 0 spiro atoms. The molecule has 88 valence electrons. The second kappa shape index (κ2) is 4.67. The molecule has 0 atom stereocenters. The summed E-state index contributed by atoms with van der Waals surface area (Å²) in [5.74, 6) is 1.72. The normalized spacial score (nSPS) is 24.3. The average Bonchev–Trinajstić information content (AvgIpc) is 2.15. The number of nitrogens with one attached hydrogen (secondary N) is 1. The van der Waals surface area contributed by atoms with Crippen molar-refractivity contribution in [2.75, 3.05) is 5.32 Å². The van der Waals surface area contributed by atoms with Gasteiger partial charge in [-0.3, -0.25) is 0 Å². The lowest BCUT2D eigenvalue weighted by Crippen LogP contribution is -2.37. The molecule has 0 saturated heterocycles. The maximum absolute atomic E-state index is 6.10. The number of hydrogen-bond acceptors (Lipinski definition) is 1. The summed E-state index contributed by atoms with van der Waals surface area (Å²) in [7, 11) is 0. The minimum absolute atomic E-state index is 0.645. The molecule has 0 heterocycles. The van der Waals surface area contributed by atoms with E-state index >= 15 is 0 Å². The molecule has 1 aliphatic carbocycles. The van der Waals surface area contributed by atoms with E-state index in [1.54, 1.807) is 0 Å². The number of anilines is 1. The summed E-state index contributed by atoms with van der Waals surface area (Å²) in [6.07, 6.45) is 2.59. The van der Waals surface area contributed by atoms with E-state index in [4.69, 9.17) is 11.6 Å². The van der Waals surface area contributed by atoms with Gasteiger partial charge in [-0.2, -0.15) is 0 Å². The van der Waals surface area contributed by atoms with E-state index in [1.165, 1.54) is 12.8 Å². The standard InChI is InChI=1S/C14H20ClN/c1-9(2)11-6-13(7-11)16-12-5-4-10(3)14(15)8-12/h4-5,8-9,11,13,16H,6-7H2,1-3H3. The first-order chi connectivity index (χ1) is 7.56. The second-order valence-corrected chi connectivity index (χ2v) is 5.69. The smallest absolute Gasteiger partial charge is 0.0455 e. The Bertz CT molecular complexity index is 367. The predicted octanol–water partition coefficient (Wildman–Crippen LogP) is 4.49. The highest BCUT2D eigenvalue weighted by molar-refractivity contribution is 6.31. The van der Waals surface area contributed by atoms with Crippen molar-refractivity contribution in [3.8, 4) is 0 Å². The fourth-order valence-electron chi connectivity index (χ4n) is 2.24. The predicted molar refractivity (Wildman–Crippen MR) is 71.2 cm³/mol. The van der Waals surface area contributed by atoms with Crippen LogP contribution in [0.25, 0.3) is 0 Å². The van der Waals surface area contributed by atoms with E-state index in [9.17, 15) is 0 Å². The molecule has 1 fully saturated rings. The topological polar surface area (TPSA) is 12.0 Å². The van der Waals surface area contributed by atoms with Crippen molar-refractivity contribution in [1.29, 1.82) is 0 Å². The summed E-state index contributed by atoms with van der Waals surface area (Å²) < 4.78 is 0. The van der Waals surface area contributed by atoms with Crippen LogP contribution in [0.1, 0.15) is 32.3 Å². The fraction of sp³-hybridized carbons (Fsp3) is 0.571. The molecule has 2 heteroatoms. The SMILES string of the molecule is Cc1ccc(NC2CC(C(C)C)C2)cc1Cl. The van der Waals surface area contributed by atoms with Gasteiger partial charge in [0.1, 0.15) is 0 Å². The van der Waals surface area contributed by atoms with Gasteiger partial charge in [-0.15, -0.1) is 0 Å². The minimum atomic E-state index is 0.645. The maximum Gasteiger partial charge on any atom is 0.0455 e. The van der Waals surface area contributed by atoms with Crippen molar-refractivity contribution in [1.82, 2.24) is 0 Å². The third kappa shape index (κ3) is 2.52. The lowest BCUT2D eigenvalue weighted by atomic mass is 9.73. The lowest BCUT2D eigenvalue weighted by Gasteiger charge is -2.39. The van der Waals surface area contributed by atoms with Gasteiger partial charge in [0.05, 0.1) is 0 Å². The maximum atomic E-state index is 6.10. The Morgan fingerprint density at radius 1 is 1.31 bits per heavy atom. The minimum Gasteiger partial charge on any atom is -0.382 e. The summed E-state index contributed by atoms with van der Waals surface area (Å²) in [6.45, 7) is 6.65. The lowest BCUT2D eigenvalue weighted by molar-refractivity contribution is 0.212. The van der Waals surface area contributed by atoms with Gasteiger partial charge >= 0.3 is 0 Å². The van der Waals surface area contributed by atoms with E-state index in [1.807, 2.05) is 13.0 Å². The zero-order valence-corrected chi connectivity index (χ0v) is 11.0. The van der Waals surface area contributed by atoms with Crippen LogP contribution in [-0.4, -0.2) is 6.04 Å². The Hall–Kier alpha value is -0.690. The zero-order valence-electron chi connectivity index (χ0n) is 10.3. The van der Waals surface area contributed by atoms with Crippen molar-refractivity contribution >= 4 is 17.3 Å². The number of rotatable bonds is 3. The van der Waals surface area contributed by atoms with E-state index in [0.29, 0.717) is 6.04 Å². The molecule has 2 rings (SSSR count). The highest BCUT2D eigenvalue weighted by Gasteiger charge is 2.30. The van der Waals surface area contributed by atoms with Crippen molar-refractivity contribution in [3.63, 3.8) is 0 Å². The molecule has 1 N–H and O–H groups in total. The monoisotopic (exact) mass is 237 g/mol. The van der Waals surface area contributed by atoms with Gasteiger partial charge in [0, 0.05) is 16.8 Å². The molecule has 1 aromatic carbocycles. The quantitative estimate of drug-likeness (QED) is 0.817. The number of aryl methyl sites for hydroxylation is 1. The van der Waals surface area contributed by atoms with Crippen LogP contribution >= 0.6 is 11.6 Å². The first kappa shape index (κ1) is 11.8. The first-order valence-corrected chi connectivity index (χ1v) is 6.46. The highest BCUT2D eigenvalue weighted by Crippen LogP contribution is 2.35.